The van der Waals surface area contributed by atoms with Crippen LogP contribution in [0, 0.1) is 0 Å². The van der Waals surface area contributed by atoms with Gasteiger partial charge in [-0.05, 0) is 13.3 Å². The summed E-state index contributed by atoms with van der Waals surface area (Å²) >= 11 is 0. The maximum absolute atomic E-state index is 11.4. The van der Waals surface area contributed by atoms with Gasteiger partial charge in [-0.1, -0.05) is 6.92 Å². The fourth-order valence-electron chi connectivity index (χ4n) is 1.66. The number of aromatic nitrogens is 2. The number of aryl methyl sites for hydroxylation is 1. The van der Waals surface area contributed by atoms with Crippen LogP contribution in [0.3, 0.4) is 0 Å². The van der Waals surface area contributed by atoms with E-state index in [-0.39, 0.29) is 12.5 Å². The van der Waals surface area contributed by atoms with E-state index in [0.717, 1.165) is 36.8 Å². The highest BCUT2D eigenvalue weighted by Crippen LogP contribution is 2.15. The predicted octanol–water partition coefficient (Wildman–Crippen LogP) is 1.04. The number of nitrogens with one attached hydrogen (secondary N) is 2. The number of hydrogen-bond acceptors (Lipinski definition) is 5. The van der Waals surface area contributed by atoms with E-state index in [1.165, 1.54) is 0 Å². The van der Waals surface area contributed by atoms with Crippen LogP contribution in [0.15, 0.2) is 6.07 Å². The van der Waals surface area contributed by atoms with Crippen LogP contribution in [0.1, 0.15) is 26.1 Å². The molecule has 6 heteroatoms. The van der Waals surface area contributed by atoms with Crippen LogP contribution in [0.2, 0.25) is 0 Å². The van der Waals surface area contributed by atoms with E-state index in [2.05, 4.69) is 27.5 Å². The summed E-state index contributed by atoms with van der Waals surface area (Å²) < 4.78 is 0. The number of amides is 1. The van der Waals surface area contributed by atoms with Crippen molar-refractivity contribution in [2.45, 2.75) is 26.7 Å². The van der Waals surface area contributed by atoms with Crippen LogP contribution in [0.4, 0.5) is 11.6 Å². The maximum Gasteiger partial charge on any atom is 0.239 e. The third-order valence-electron chi connectivity index (χ3n) is 2.64. The third-order valence-corrected chi connectivity index (χ3v) is 2.64. The molecule has 1 aromatic rings. The molecule has 0 spiro atoms. The Morgan fingerprint density at radius 1 is 1.37 bits per heavy atom. The maximum atomic E-state index is 11.4. The molecule has 0 aliphatic rings. The molecule has 0 bridgehead atoms. The Morgan fingerprint density at radius 3 is 2.68 bits per heavy atom. The average Bonchev–Trinajstić information content (AvgIpc) is 2.39. The van der Waals surface area contributed by atoms with E-state index in [0.29, 0.717) is 0 Å². The van der Waals surface area contributed by atoms with Gasteiger partial charge in [0.15, 0.2) is 0 Å². The molecular formula is C13H23N5O. The first-order valence-electron chi connectivity index (χ1n) is 6.64. The van der Waals surface area contributed by atoms with Crippen molar-refractivity contribution >= 4 is 17.5 Å². The molecule has 0 saturated carbocycles. The van der Waals surface area contributed by atoms with Crippen molar-refractivity contribution in [3.8, 4) is 0 Å². The average molecular weight is 265 g/mol. The van der Waals surface area contributed by atoms with Crippen molar-refractivity contribution in [1.82, 2.24) is 15.3 Å². The Hall–Kier alpha value is -1.85. The minimum Gasteiger partial charge on any atom is -0.370 e. The van der Waals surface area contributed by atoms with E-state index in [1.54, 1.807) is 7.05 Å². The lowest BCUT2D eigenvalue weighted by Crippen LogP contribution is -2.33. The number of carbonyl (C=O) groups excluding carboxylic acids is 1. The molecule has 0 unspecified atom stereocenters. The summed E-state index contributed by atoms with van der Waals surface area (Å²) in [6, 6.07) is 1.87. The van der Waals surface area contributed by atoms with Gasteiger partial charge in [0.25, 0.3) is 0 Å². The highest BCUT2D eigenvalue weighted by Gasteiger charge is 2.10. The Kier molecular flexibility index (Phi) is 6.05. The largest absolute Gasteiger partial charge is 0.370 e. The molecular weight excluding hydrogens is 242 g/mol. The number of likely N-dealkylation sites (N-methyl/N-ethyl adjacent to an activating group) is 2. The van der Waals surface area contributed by atoms with Crippen molar-refractivity contribution in [2.75, 3.05) is 37.4 Å². The van der Waals surface area contributed by atoms with Gasteiger partial charge in [0.05, 0.1) is 6.54 Å². The van der Waals surface area contributed by atoms with Crippen LogP contribution < -0.4 is 15.5 Å². The summed E-state index contributed by atoms with van der Waals surface area (Å²) in [4.78, 5) is 22.2. The van der Waals surface area contributed by atoms with Crippen molar-refractivity contribution in [2.24, 2.45) is 0 Å². The van der Waals surface area contributed by atoms with Crippen molar-refractivity contribution < 1.29 is 4.79 Å². The summed E-state index contributed by atoms with van der Waals surface area (Å²) in [5.74, 6) is 2.33. The zero-order chi connectivity index (χ0) is 14.3. The molecule has 2 N–H and O–H groups in total. The van der Waals surface area contributed by atoms with Crippen LogP contribution >= 0.6 is 0 Å². The number of hydrogen-bond donors (Lipinski definition) is 2. The van der Waals surface area contributed by atoms with E-state index in [1.807, 2.05) is 24.9 Å². The molecule has 1 rings (SSSR count). The van der Waals surface area contributed by atoms with Gasteiger partial charge in [-0.15, -0.1) is 0 Å². The fraction of sp³-hybridized carbons (Fsp3) is 0.615. The molecule has 1 aromatic heterocycles. The van der Waals surface area contributed by atoms with Gasteiger partial charge in [0.2, 0.25) is 5.91 Å². The second-order valence-electron chi connectivity index (χ2n) is 4.34. The first-order valence-corrected chi connectivity index (χ1v) is 6.64. The standard InChI is InChI=1S/C13H23N5O/c1-5-7-10-16-11(15-6-2)8-12(17-10)18(4)9-13(19)14-3/h8H,5-7,9H2,1-4H3,(H,14,19)(H,15,16,17). The fourth-order valence-corrected chi connectivity index (χ4v) is 1.66. The van der Waals surface area contributed by atoms with Gasteiger partial charge in [-0.2, -0.15) is 0 Å². The molecule has 0 saturated heterocycles. The summed E-state index contributed by atoms with van der Waals surface area (Å²) in [6.45, 7) is 5.21. The number of anilines is 2. The van der Waals surface area contributed by atoms with Gasteiger partial charge >= 0.3 is 0 Å². The third kappa shape index (κ3) is 4.73. The molecule has 0 aliphatic heterocycles. The Morgan fingerprint density at radius 2 is 2.11 bits per heavy atom. The van der Waals surface area contributed by atoms with Crippen molar-refractivity contribution in [3.05, 3.63) is 11.9 Å². The Labute approximate surface area is 114 Å². The van der Waals surface area contributed by atoms with E-state index < -0.39 is 0 Å². The SMILES string of the molecule is CCCc1nc(NCC)cc(N(C)CC(=O)NC)n1. The summed E-state index contributed by atoms with van der Waals surface area (Å²) in [5.41, 5.74) is 0. The van der Waals surface area contributed by atoms with E-state index in [4.69, 9.17) is 0 Å². The molecule has 0 aliphatic carbocycles. The smallest absolute Gasteiger partial charge is 0.239 e. The van der Waals surface area contributed by atoms with E-state index >= 15 is 0 Å². The number of nitrogens with zero attached hydrogens (tertiary/aromatic N) is 3. The Bertz CT molecular complexity index is 397. The van der Waals surface area contributed by atoms with Crippen molar-refractivity contribution in [1.29, 1.82) is 0 Å². The van der Waals surface area contributed by atoms with Gasteiger partial charge in [0.1, 0.15) is 17.5 Å². The lowest BCUT2D eigenvalue weighted by molar-refractivity contribution is -0.119. The highest BCUT2D eigenvalue weighted by molar-refractivity contribution is 5.80. The first-order chi connectivity index (χ1) is 9.10. The molecule has 0 atom stereocenters. The second-order valence-corrected chi connectivity index (χ2v) is 4.34. The van der Waals surface area contributed by atoms with Crippen LogP contribution in [-0.2, 0) is 11.2 Å². The Balaban J connectivity index is 2.93. The monoisotopic (exact) mass is 265 g/mol. The van der Waals surface area contributed by atoms with Gasteiger partial charge in [0, 0.05) is 33.1 Å². The van der Waals surface area contributed by atoms with Gasteiger partial charge in [-0.3, -0.25) is 4.79 Å². The minimum absolute atomic E-state index is 0.0387. The normalized spacial score (nSPS) is 10.1. The molecule has 1 amide bonds. The van der Waals surface area contributed by atoms with Gasteiger partial charge < -0.3 is 15.5 Å². The molecule has 1 heterocycles. The first kappa shape index (κ1) is 15.2. The lowest BCUT2D eigenvalue weighted by atomic mass is 10.3. The van der Waals surface area contributed by atoms with Gasteiger partial charge in [-0.25, -0.2) is 9.97 Å². The summed E-state index contributed by atoms with van der Waals surface area (Å²) in [5, 5.41) is 5.80. The molecule has 19 heavy (non-hydrogen) atoms. The number of carbonyl (C=O) groups is 1. The van der Waals surface area contributed by atoms with Crippen molar-refractivity contribution in [3.63, 3.8) is 0 Å². The summed E-state index contributed by atoms with van der Waals surface area (Å²) in [6.07, 6.45) is 1.83. The lowest BCUT2D eigenvalue weighted by Gasteiger charge is -2.18. The number of rotatable bonds is 7. The van der Waals surface area contributed by atoms with Crippen LogP contribution in [0.25, 0.3) is 0 Å². The van der Waals surface area contributed by atoms with Crippen LogP contribution in [0.5, 0.6) is 0 Å². The topological polar surface area (TPSA) is 70.2 Å². The quantitative estimate of drug-likeness (QED) is 0.771. The minimum atomic E-state index is -0.0387. The molecule has 0 radical (unpaired) electrons. The molecule has 6 nitrogen and oxygen atoms in total. The molecule has 106 valence electrons. The second kappa shape index (κ2) is 7.56. The summed E-state index contributed by atoms with van der Waals surface area (Å²) in [7, 11) is 3.48. The van der Waals surface area contributed by atoms with E-state index in [9.17, 15) is 4.79 Å². The highest BCUT2D eigenvalue weighted by atomic mass is 16.1. The molecule has 0 fully saturated rings. The zero-order valence-electron chi connectivity index (χ0n) is 12.2. The zero-order valence-corrected chi connectivity index (χ0v) is 12.2. The van der Waals surface area contributed by atoms with Crippen LogP contribution in [-0.4, -0.2) is 43.1 Å². The predicted molar refractivity (Wildman–Crippen MR) is 77.5 cm³/mol. The molecule has 0 aromatic carbocycles.